The molecule has 1 unspecified atom stereocenters. The number of hydrogen-bond acceptors (Lipinski definition) is 6. The number of benzene rings is 3. The molecule has 2 aliphatic heterocycles. The molecule has 0 bridgehead atoms. The van der Waals surface area contributed by atoms with E-state index >= 15 is 0 Å². The van der Waals surface area contributed by atoms with Crippen LogP contribution in [0.5, 0.6) is 11.5 Å². The third kappa shape index (κ3) is 4.59. The van der Waals surface area contributed by atoms with E-state index in [0.29, 0.717) is 22.9 Å². The Morgan fingerprint density at radius 2 is 1.57 bits per heavy atom. The summed E-state index contributed by atoms with van der Waals surface area (Å²) in [5, 5.41) is 3.00. The Kier molecular flexibility index (Phi) is 6.42. The van der Waals surface area contributed by atoms with Gasteiger partial charge < -0.3 is 24.6 Å². The average molecular weight is 471 g/mol. The minimum atomic E-state index is -0.565. The van der Waals surface area contributed by atoms with E-state index < -0.39 is 5.92 Å². The molecular formula is C28H30N4O3. The minimum Gasteiger partial charge on any atom is -0.493 e. The average Bonchev–Trinajstić information content (AvgIpc) is 3.22. The molecule has 1 fully saturated rings. The predicted octanol–water partition coefficient (Wildman–Crippen LogP) is 4.31. The molecule has 7 nitrogen and oxygen atoms in total. The van der Waals surface area contributed by atoms with Crippen molar-refractivity contribution in [3.05, 3.63) is 77.9 Å². The number of anilines is 2. The van der Waals surface area contributed by atoms with E-state index in [-0.39, 0.29) is 5.91 Å². The Morgan fingerprint density at radius 3 is 2.23 bits per heavy atom. The molecule has 7 heteroatoms. The zero-order valence-electron chi connectivity index (χ0n) is 20.3. The van der Waals surface area contributed by atoms with E-state index in [4.69, 9.17) is 14.5 Å². The van der Waals surface area contributed by atoms with Crippen LogP contribution in [0.25, 0.3) is 0 Å². The van der Waals surface area contributed by atoms with Crippen LogP contribution < -0.4 is 19.7 Å². The Hall–Kier alpha value is -3.84. The van der Waals surface area contributed by atoms with Crippen LogP contribution in [0.15, 0.2) is 71.7 Å². The number of amides is 1. The lowest BCUT2D eigenvalue weighted by Gasteiger charge is -2.34. The quantitative estimate of drug-likeness (QED) is 0.544. The zero-order valence-corrected chi connectivity index (χ0v) is 20.3. The van der Waals surface area contributed by atoms with Gasteiger partial charge >= 0.3 is 0 Å². The highest BCUT2D eigenvalue weighted by atomic mass is 16.5. The molecule has 0 saturated carbocycles. The Balaban J connectivity index is 1.53. The number of carbonyl (C=O) groups excluding carboxylic acids is 1. The predicted molar refractivity (Wildman–Crippen MR) is 140 cm³/mol. The van der Waals surface area contributed by atoms with Crippen LogP contribution in [-0.2, 0) is 4.79 Å². The first kappa shape index (κ1) is 22.9. The molecule has 2 heterocycles. The summed E-state index contributed by atoms with van der Waals surface area (Å²) in [6.45, 7) is 4.14. The van der Waals surface area contributed by atoms with Crippen molar-refractivity contribution in [3.8, 4) is 11.5 Å². The van der Waals surface area contributed by atoms with Gasteiger partial charge in [-0.05, 0) is 48.5 Å². The van der Waals surface area contributed by atoms with Crippen molar-refractivity contribution >= 4 is 28.7 Å². The standard InChI is InChI=1S/C28H30N4O3/c1-31-13-15-32(16-14-31)21-11-9-20(10-12-21)29-27(19-7-5-4-6-8-19)26-22-17-24(34-2)25(35-3)18-23(22)30-28(26)33/h4-12,17-18,26H,13-16H2,1-3H3,(H,30,33). The minimum absolute atomic E-state index is 0.119. The topological polar surface area (TPSA) is 66.4 Å². The molecule has 1 N–H and O–H groups in total. The number of nitrogens with zero attached hydrogens (tertiary/aromatic N) is 3. The number of carbonyl (C=O) groups is 1. The Morgan fingerprint density at radius 1 is 0.914 bits per heavy atom. The van der Waals surface area contributed by atoms with Crippen molar-refractivity contribution in [1.82, 2.24) is 4.90 Å². The lowest BCUT2D eigenvalue weighted by molar-refractivity contribution is -0.115. The fraction of sp³-hybridized carbons (Fsp3) is 0.286. The molecule has 3 aromatic carbocycles. The van der Waals surface area contributed by atoms with Crippen LogP contribution in [0.3, 0.4) is 0 Å². The van der Waals surface area contributed by atoms with Crippen molar-refractivity contribution in [3.63, 3.8) is 0 Å². The first-order valence-electron chi connectivity index (χ1n) is 11.8. The third-order valence-corrected chi connectivity index (χ3v) is 6.70. The van der Waals surface area contributed by atoms with Gasteiger partial charge in [-0.3, -0.25) is 9.79 Å². The van der Waals surface area contributed by atoms with Crippen molar-refractivity contribution in [2.75, 3.05) is 57.7 Å². The number of ether oxygens (including phenoxy) is 2. The maximum absolute atomic E-state index is 13.2. The molecule has 1 atom stereocenters. The lowest BCUT2D eigenvalue weighted by atomic mass is 9.90. The van der Waals surface area contributed by atoms with E-state index in [2.05, 4.69) is 34.3 Å². The third-order valence-electron chi connectivity index (χ3n) is 6.70. The molecule has 1 saturated heterocycles. The second-order valence-corrected chi connectivity index (χ2v) is 8.89. The first-order chi connectivity index (χ1) is 17.1. The van der Waals surface area contributed by atoms with Gasteiger partial charge in [0.1, 0.15) is 5.92 Å². The van der Waals surface area contributed by atoms with Crippen LogP contribution in [-0.4, -0.2) is 64.0 Å². The Bertz CT molecular complexity index is 1230. The second kappa shape index (κ2) is 9.80. The molecule has 3 aromatic rings. The number of hydrogen-bond donors (Lipinski definition) is 1. The van der Waals surface area contributed by atoms with Crippen LogP contribution in [0, 0.1) is 0 Å². The maximum atomic E-state index is 13.2. The maximum Gasteiger partial charge on any atom is 0.238 e. The lowest BCUT2D eigenvalue weighted by Crippen LogP contribution is -2.44. The van der Waals surface area contributed by atoms with E-state index in [1.165, 1.54) is 5.69 Å². The summed E-state index contributed by atoms with van der Waals surface area (Å²) in [5.74, 6) is 0.470. The van der Waals surface area contributed by atoms with Crippen molar-refractivity contribution in [2.45, 2.75) is 5.92 Å². The van der Waals surface area contributed by atoms with Gasteiger partial charge in [-0.1, -0.05) is 30.3 Å². The molecule has 2 aliphatic rings. The van der Waals surface area contributed by atoms with Crippen LogP contribution in [0.2, 0.25) is 0 Å². The fourth-order valence-electron chi connectivity index (χ4n) is 4.71. The van der Waals surface area contributed by atoms with Crippen LogP contribution in [0.1, 0.15) is 17.0 Å². The summed E-state index contributed by atoms with van der Waals surface area (Å²) in [5.41, 5.74) is 5.14. The molecule has 0 spiro atoms. The number of aliphatic imine (C=N–C) groups is 1. The molecular weight excluding hydrogens is 440 g/mol. The van der Waals surface area contributed by atoms with Crippen molar-refractivity contribution in [2.24, 2.45) is 4.99 Å². The van der Waals surface area contributed by atoms with Gasteiger partial charge in [0.15, 0.2) is 11.5 Å². The smallest absolute Gasteiger partial charge is 0.238 e. The zero-order chi connectivity index (χ0) is 24.4. The summed E-state index contributed by atoms with van der Waals surface area (Å²) >= 11 is 0. The van der Waals surface area contributed by atoms with Crippen molar-refractivity contribution in [1.29, 1.82) is 0 Å². The van der Waals surface area contributed by atoms with Gasteiger partial charge in [0.05, 0.1) is 25.6 Å². The highest BCUT2D eigenvalue weighted by molar-refractivity contribution is 6.24. The van der Waals surface area contributed by atoms with Gasteiger partial charge in [0, 0.05) is 43.6 Å². The van der Waals surface area contributed by atoms with Gasteiger partial charge in [-0.15, -0.1) is 0 Å². The van der Waals surface area contributed by atoms with E-state index in [1.807, 2.05) is 48.5 Å². The summed E-state index contributed by atoms with van der Waals surface area (Å²) < 4.78 is 10.9. The van der Waals surface area contributed by atoms with Gasteiger partial charge in [-0.25, -0.2) is 0 Å². The SMILES string of the molecule is COc1cc2c(cc1OC)C(C(=Nc1ccc(N3CCN(C)CC3)cc1)c1ccccc1)C(=O)N2. The molecule has 1 amide bonds. The van der Waals surface area contributed by atoms with Crippen molar-refractivity contribution < 1.29 is 14.3 Å². The Labute approximate surface area is 206 Å². The van der Waals surface area contributed by atoms with E-state index in [0.717, 1.165) is 43.0 Å². The molecule has 0 radical (unpaired) electrons. The molecule has 35 heavy (non-hydrogen) atoms. The summed E-state index contributed by atoms with van der Waals surface area (Å²) in [4.78, 5) is 23.0. The summed E-state index contributed by atoms with van der Waals surface area (Å²) in [7, 11) is 5.34. The van der Waals surface area contributed by atoms with E-state index in [1.54, 1.807) is 20.3 Å². The molecule has 0 aliphatic carbocycles. The summed E-state index contributed by atoms with van der Waals surface area (Å²) in [6, 6.07) is 21.8. The summed E-state index contributed by atoms with van der Waals surface area (Å²) in [6.07, 6.45) is 0. The monoisotopic (exact) mass is 470 g/mol. The van der Waals surface area contributed by atoms with Gasteiger partial charge in [0.2, 0.25) is 5.91 Å². The van der Waals surface area contributed by atoms with Crippen LogP contribution >= 0.6 is 0 Å². The largest absolute Gasteiger partial charge is 0.493 e. The highest BCUT2D eigenvalue weighted by Gasteiger charge is 2.36. The molecule has 0 aromatic heterocycles. The molecule has 5 rings (SSSR count). The highest BCUT2D eigenvalue weighted by Crippen LogP contribution is 2.42. The van der Waals surface area contributed by atoms with Crippen LogP contribution in [0.4, 0.5) is 17.1 Å². The second-order valence-electron chi connectivity index (χ2n) is 8.89. The number of nitrogens with one attached hydrogen (secondary N) is 1. The normalized spacial score (nSPS) is 18.3. The fourth-order valence-corrected chi connectivity index (χ4v) is 4.71. The van der Waals surface area contributed by atoms with Gasteiger partial charge in [-0.2, -0.15) is 0 Å². The number of piperazine rings is 1. The number of fused-ring (bicyclic) bond motifs is 1. The number of rotatable bonds is 6. The van der Waals surface area contributed by atoms with E-state index in [9.17, 15) is 4.79 Å². The number of methoxy groups -OCH3 is 2. The number of likely N-dealkylation sites (N-methyl/N-ethyl adjacent to an activating group) is 1. The van der Waals surface area contributed by atoms with Gasteiger partial charge in [0.25, 0.3) is 0 Å². The first-order valence-corrected chi connectivity index (χ1v) is 11.8. The molecule has 180 valence electrons.